The van der Waals surface area contributed by atoms with Crippen LogP contribution < -0.4 is 0 Å². The summed E-state index contributed by atoms with van der Waals surface area (Å²) in [4.78, 5) is 0. The fraction of sp³-hybridized carbons (Fsp3) is 0.750. The Balaban J connectivity index is 2.25. The fourth-order valence-corrected chi connectivity index (χ4v) is 1.94. The van der Waals surface area contributed by atoms with E-state index in [1.807, 2.05) is 12.2 Å². The molecule has 56 valence electrons. The van der Waals surface area contributed by atoms with Gasteiger partial charge < -0.3 is 10.2 Å². The predicted molar refractivity (Wildman–Crippen MR) is 37.4 cm³/mol. The van der Waals surface area contributed by atoms with Gasteiger partial charge in [-0.3, -0.25) is 0 Å². The van der Waals surface area contributed by atoms with Crippen molar-refractivity contribution in [1.29, 1.82) is 0 Å². The van der Waals surface area contributed by atoms with Crippen molar-refractivity contribution in [2.45, 2.75) is 25.0 Å². The molecule has 2 bridgehead atoms. The van der Waals surface area contributed by atoms with Crippen molar-refractivity contribution in [1.82, 2.24) is 0 Å². The Hall–Kier alpha value is -0.340. The number of aliphatic hydroxyl groups is 2. The highest BCUT2D eigenvalue weighted by molar-refractivity contribution is 5.10. The summed E-state index contributed by atoms with van der Waals surface area (Å²) in [5.41, 5.74) is 0. The van der Waals surface area contributed by atoms with Crippen LogP contribution in [0.5, 0.6) is 0 Å². The van der Waals surface area contributed by atoms with Crippen LogP contribution in [0, 0.1) is 11.8 Å². The lowest BCUT2D eigenvalue weighted by Gasteiger charge is -2.39. The zero-order chi connectivity index (χ0) is 7.14. The molecule has 0 radical (unpaired) electrons. The molecule has 3 aliphatic rings. The van der Waals surface area contributed by atoms with Crippen molar-refractivity contribution in [2.75, 3.05) is 0 Å². The van der Waals surface area contributed by atoms with Crippen molar-refractivity contribution >= 4 is 0 Å². The second-order valence-corrected chi connectivity index (χ2v) is 3.27. The third-order valence-corrected chi connectivity index (χ3v) is 2.67. The van der Waals surface area contributed by atoms with Gasteiger partial charge in [0.1, 0.15) is 0 Å². The zero-order valence-corrected chi connectivity index (χ0v) is 5.77. The first-order chi connectivity index (χ1) is 4.79. The van der Waals surface area contributed by atoms with E-state index in [9.17, 15) is 10.2 Å². The Kier molecular flexibility index (Phi) is 1.32. The highest BCUT2D eigenvalue weighted by Crippen LogP contribution is 2.36. The van der Waals surface area contributed by atoms with Gasteiger partial charge in [0, 0.05) is 11.8 Å². The van der Waals surface area contributed by atoms with Crippen LogP contribution in [0.25, 0.3) is 0 Å². The number of hydrogen-bond donors (Lipinski definition) is 2. The molecule has 10 heavy (non-hydrogen) atoms. The summed E-state index contributed by atoms with van der Waals surface area (Å²) in [5.74, 6) is 0.444. The van der Waals surface area contributed by atoms with E-state index in [4.69, 9.17) is 0 Å². The number of aliphatic hydroxyl groups excluding tert-OH is 2. The first kappa shape index (κ1) is 6.38. The normalized spacial score (nSPS) is 51.8. The maximum absolute atomic E-state index is 9.37. The van der Waals surface area contributed by atoms with Crippen LogP contribution in [0.15, 0.2) is 12.2 Å². The lowest BCUT2D eigenvalue weighted by Crippen LogP contribution is -2.44. The summed E-state index contributed by atoms with van der Waals surface area (Å²) in [6, 6.07) is 0. The van der Waals surface area contributed by atoms with Crippen LogP contribution in [0.2, 0.25) is 0 Å². The van der Waals surface area contributed by atoms with Crippen molar-refractivity contribution < 1.29 is 10.2 Å². The average Bonchev–Trinajstić information content (AvgIpc) is 2.00. The van der Waals surface area contributed by atoms with E-state index in [2.05, 4.69) is 0 Å². The third-order valence-electron chi connectivity index (χ3n) is 2.67. The Morgan fingerprint density at radius 1 is 0.900 bits per heavy atom. The molecule has 0 amide bonds. The molecule has 2 heteroatoms. The maximum atomic E-state index is 9.37. The van der Waals surface area contributed by atoms with E-state index in [0.29, 0.717) is 0 Å². The second-order valence-electron chi connectivity index (χ2n) is 3.27. The second kappa shape index (κ2) is 2.07. The summed E-state index contributed by atoms with van der Waals surface area (Å²) >= 11 is 0. The molecule has 0 spiro atoms. The minimum Gasteiger partial charge on any atom is -0.390 e. The smallest absolute Gasteiger partial charge is 0.0867 e. The van der Waals surface area contributed by atoms with Gasteiger partial charge in [-0.25, -0.2) is 0 Å². The molecular weight excluding hydrogens is 128 g/mol. The third kappa shape index (κ3) is 0.724. The van der Waals surface area contributed by atoms with Gasteiger partial charge >= 0.3 is 0 Å². The topological polar surface area (TPSA) is 40.5 Å². The van der Waals surface area contributed by atoms with Crippen LogP contribution >= 0.6 is 0 Å². The van der Waals surface area contributed by atoms with Gasteiger partial charge in [-0.15, -0.1) is 0 Å². The standard InChI is InChI=1S/C8H12O2/c9-7-5-1-2-6(4-3-5)8(7)10/h1-2,5-10H,3-4H2. The Morgan fingerprint density at radius 2 is 1.30 bits per heavy atom. The van der Waals surface area contributed by atoms with Crippen LogP contribution in [0.3, 0.4) is 0 Å². The van der Waals surface area contributed by atoms with Crippen LogP contribution in [0.1, 0.15) is 12.8 Å². The van der Waals surface area contributed by atoms with Gasteiger partial charge in [-0.05, 0) is 12.8 Å². The molecule has 2 nitrogen and oxygen atoms in total. The Bertz CT molecular complexity index is 147. The summed E-state index contributed by atoms with van der Waals surface area (Å²) in [5, 5.41) is 18.7. The van der Waals surface area contributed by atoms with Crippen molar-refractivity contribution in [3.8, 4) is 0 Å². The molecule has 1 saturated carbocycles. The molecule has 3 aliphatic carbocycles. The van der Waals surface area contributed by atoms with Gasteiger partial charge in [-0.1, -0.05) is 12.2 Å². The van der Waals surface area contributed by atoms with E-state index in [1.54, 1.807) is 0 Å². The van der Waals surface area contributed by atoms with Crippen LogP contribution in [-0.4, -0.2) is 22.4 Å². The summed E-state index contributed by atoms with van der Waals surface area (Å²) < 4.78 is 0. The summed E-state index contributed by atoms with van der Waals surface area (Å²) in [6.45, 7) is 0. The molecule has 0 heterocycles. The predicted octanol–water partition coefficient (Wildman–Crippen LogP) is 0.304. The number of fused-ring (bicyclic) bond motifs is 2. The molecule has 0 aromatic rings. The Morgan fingerprint density at radius 3 is 1.50 bits per heavy atom. The molecule has 4 atom stereocenters. The zero-order valence-electron chi connectivity index (χ0n) is 5.77. The quantitative estimate of drug-likeness (QED) is 0.475. The largest absolute Gasteiger partial charge is 0.390 e. The van der Waals surface area contributed by atoms with E-state index in [0.717, 1.165) is 12.8 Å². The lowest BCUT2D eigenvalue weighted by molar-refractivity contribution is -0.0608. The number of rotatable bonds is 0. The van der Waals surface area contributed by atoms with Gasteiger partial charge in [0.25, 0.3) is 0 Å². The molecule has 0 aliphatic heterocycles. The van der Waals surface area contributed by atoms with Gasteiger partial charge in [-0.2, -0.15) is 0 Å². The Labute approximate surface area is 60.2 Å². The van der Waals surface area contributed by atoms with Crippen molar-refractivity contribution in [2.24, 2.45) is 11.8 Å². The molecule has 3 rings (SSSR count). The fourth-order valence-electron chi connectivity index (χ4n) is 1.94. The van der Waals surface area contributed by atoms with E-state index in [1.165, 1.54) is 0 Å². The molecule has 2 N–H and O–H groups in total. The SMILES string of the molecule is OC1C2C=CC(CC2)C1O. The first-order valence-electron chi connectivity index (χ1n) is 3.83. The van der Waals surface area contributed by atoms with Crippen molar-refractivity contribution in [3.63, 3.8) is 0 Å². The van der Waals surface area contributed by atoms with Gasteiger partial charge in [0.05, 0.1) is 12.2 Å². The van der Waals surface area contributed by atoms with E-state index in [-0.39, 0.29) is 11.8 Å². The molecular formula is C8H12O2. The highest BCUT2D eigenvalue weighted by Gasteiger charge is 2.38. The van der Waals surface area contributed by atoms with Crippen LogP contribution in [0.4, 0.5) is 0 Å². The van der Waals surface area contributed by atoms with Gasteiger partial charge in [0.15, 0.2) is 0 Å². The first-order valence-corrected chi connectivity index (χ1v) is 3.83. The maximum Gasteiger partial charge on any atom is 0.0867 e. The van der Waals surface area contributed by atoms with E-state index >= 15 is 0 Å². The monoisotopic (exact) mass is 140 g/mol. The molecule has 0 aromatic carbocycles. The summed E-state index contributed by atoms with van der Waals surface area (Å²) in [6.07, 6.45) is 5.16. The summed E-state index contributed by atoms with van der Waals surface area (Å²) in [7, 11) is 0. The molecule has 1 fully saturated rings. The lowest BCUT2D eigenvalue weighted by atomic mass is 9.72. The van der Waals surface area contributed by atoms with Crippen molar-refractivity contribution in [3.05, 3.63) is 12.2 Å². The molecule has 0 saturated heterocycles. The molecule has 4 unspecified atom stereocenters. The number of hydrogen-bond acceptors (Lipinski definition) is 2. The van der Waals surface area contributed by atoms with E-state index < -0.39 is 12.2 Å². The molecule has 0 aromatic heterocycles. The highest BCUT2D eigenvalue weighted by atomic mass is 16.3. The van der Waals surface area contributed by atoms with Crippen LogP contribution in [-0.2, 0) is 0 Å². The minimum absolute atomic E-state index is 0.222. The van der Waals surface area contributed by atoms with Gasteiger partial charge in [0.2, 0.25) is 0 Å². The minimum atomic E-state index is -0.497. The average molecular weight is 140 g/mol.